The van der Waals surface area contributed by atoms with Gasteiger partial charge in [0.1, 0.15) is 5.75 Å². The van der Waals surface area contributed by atoms with Gasteiger partial charge in [0.15, 0.2) is 5.96 Å². The van der Waals surface area contributed by atoms with E-state index in [-0.39, 0.29) is 29.9 Å². The number of methoxy groups -OCH3 is 1. The predicted octanol–water partition coefficient (Wildman–Crippen LogP) is 3.26. The van der Waals surface area contributed by atoms with Crippen molar-refractivity contribution in [2.45, 2.75) is 13.0 Å². The van der Waals surface area contributed by atoms with Crippen molar-refractivity contribution in [3.05, 3.63) is 65.2 Å². The van der Waals surface area contributed by atoms with Crippen LogP contribution >= 0.6 is 24.0 Å². The van der Waals surface area contributed by atoms with Crippen LogP contribution in [0.25, 0.3) is 0 Å². The molecule has 0 radical (unpaired) electrons. The average molecular weight is 510 g/mol. The van der Waals surface area contributed by atoms with Crippen molar-refractivity contribution >= 4 is 35.8 Å². The summed E-state index contributed by atoms with van der Waals surface area (Å²) in [7, 11) is 8.98. The van der Waals surface area contributed by atoms with Crippen molar-refractivity contribution in [1.29, 1.82) is 0 Å². The second-order valence-corrected chi connectivity index (χ2v) is 6.83. The molecule has 158 valence electrons. The minimum absolute atomic E-state index is 0. The molecule has 0 spiro atoms. The zero-order valence-corrected chi connectivity index (χ0v) is 20.1. The SMILES string of the molecule is CN=C(NCCc1cccc(C(=O)N(C)C)c1)N(C)Cc1ccc(OC)cc1.I. The lowest BCUT2D eigenvalue weighted by Gasteiger charge is -2.22. The van der Waals surface area contributed by atoms with Gasteiger partial charge in [0, 0.05) is 46.8 Å². The maximum atomic E-state index is 12.1. The van der Waals surface area contributed by atoms with Crippen LogP contribution in [0.1, 0.15) is 21.5 Å². The normalized spacial score (nSPS) is 10.7. The zero-order valence-electron chi connectivity index (χ0n) is 17.8. The zero-order chi connectivity index (χ0) is 20.5. The van der Waals surface area contributed by atoms with Gasteiger partial charge in [-0.25, -0.2) is 0 Å². The molecule has 0 aliphatic rings. The fourth-order valence-electron chi connectivity index (χ4n) is 2.90. The number of guanidine groups is 1. The van der Waals surface area contributed by atoms with E-state index in [1.54, 1.807) is 33.2 Å². The third-order valence-electron chi connectivity index (χ3n) is 4.43. The number of nitrogens with one attached hydrogen (secondary N) is 1. The lowest BCUT2D eigenvalue weighted by molar-refractivity contribution is 0.0827. The highest BCUT2D eigenvalue weighted by atomic mass is 127. The van der Waals surface area contributed by atoms with E-state index in [0.29, 0.717) is 5.56 Å². The highest BCUT2D eigenvalue weighted by Crippen LogP contribution is 2.12. The number of hydrogen-bond acceptors (Lipinski definition) is 3. The minimum Gasteiger partial charge on any atom is -0.497 e. The van der Waals surface area contributed by atoms with Crippen LogP contribution in [-0.2, 0) is 13.0 Å². The van der Waals surface area contributed by atoms with Gasteiger partial charge in [0.25, 0.3) is 5.91 Å². The maximum Gasteiger partial charge on any atom is 0.253 e. The molecule has 0 unspecified atom stereocenters. The topological polar surface area (TPSA) is 57.2 Å². The van der Waals surface area contributed by atoms with E-state index in [0.717, 1.165) is 36.8 Å². The minimum atomic E-state index is 0. The molecule has 0 heterocycles. The smallest absolute Gasteiger partial charge is 0.253 e. The van der Waals surface area contributed by atoms with E-state index < -0.39 is 0 Å². The lowest BCUT2D eigenvalue weighted by atomic mass is 10.1. The summed E-state index contributed by atoms with van der Waals surface area (Å²) < 4.78 is 5.20. The number of amides is 1. The van der Waals surface area contributed by atoms with Crippen molar-refractivity contribution in [3.8, 4) is 5.75 Å². The number of nitrogens with zero attached hydrogens (tertiary/aromatic N) is 3. The number of rotatable bonds is 7. The van der Waals surface area contributed by atoms with Crippen molar-refractivity contribution in [3.63, 3.8) is 0 Å². The first-order valence-electron chi connectivity index (χ1n) is 9.30. The van der Waals surface area contributed by atoms with Gasteiger partial charge in [-0.05, 0) is 41.8 Å². The van der Waals surface area contributed by atoms with Gasteiger partial charge in [0.05, 0.1) is 7.11 Å². The fourth-order valence-corrected chi connectivity index (χ4v) is 2.90. The molecular weight excluding hydrogens is 479 g/mol. The first-order valence-corrected chi connectivity index (χ1v) is 9.30. The van der Waals surface area contributed by atoms with Crippen molar-refractivity contribution in [2.24, 2.45) is 4.99 Å². The number of carbonyl (C=O) groups excluding carboxylic acids is 1. The summed E-state index contributed by atoms with van der Waals surface area (Å²) in [4.78, 5) is 20.1. The largest absolute Gasteiger partial charge is 0.497 e. The van der Waals surface area contributed by atoms with E-state index in [9.17, 15) is 4.79 Å². The summed E-state index contributed by atoms with van der Waals surface area (Å²) in [6, 6.07) is 15.8. The lowest BCUT2D eigenvalue weighted by Crippen LogP contribution is -2.39. The number of aliphatic imine (C=N–C) groups is 1. The summed E-state index contributed by atoms with van der Waals surface area (Å²) in [5, 5.41) is 3.39. The molecule has 0 aliphatic carbocycles. The highest BCUT2D eigenvalue weighted by Gasteiger charge is 2.09. The number of ether oxygens (including phenoxy) is 1. The number of benzene rings is 2. The fraction of sp³-hybridized carbons (Fsp3) is 0.364. The monoisotopic (exact) mass is 510 g/mol. The summed E-state index contributed by atoms with van der Waals surface area (Å²) in [5.74, 6) is 1.70. The van der Waals surface area contributed by atoms with E-state index >= 15 is 0 Å². The quantitative estimate of drug-likeness (QED) is 0.353. The van der Waals surface area contributed by atoms with Gasteiger partial charge >= 0.3 is 0 Å². The van der Waals surface area contributed by atoms with Crippen LogP contribution in [0.5, 0.6) is 5.75 Å². The Morgan fingerprint density at radius 3 is 2.34 bits per heavy atom. The molecule has 2 aromatic carbocycles. The van der Waals surface area contributed by atoms with E-state index in [4.69, 9.17) is 4.74 Å². The number of hydrogen-bond donors (Lipinski definition) is 1. The van der Waals surface area contributed by atoms with Gasteiger partial charge < -0.3 is 19.9 Å². The Bertz CT molecular complexity index is 807. The van der Waals surface area contributed by atoms with Crippen LogP contribution in [0.2, 0.25) is 0 Å². The average Bonchev–Trinajstić information content (AvgIpc) is 2.71. The van der Waals surface area contributed by atoms with Crippen molar-refractivity contribution < 1.29 is 9.53 Å². The molecule has 0 aromatic heterocycles. The third-order valence-corrected chi connectivity index (χ3v) is 4.43. The molecule has 6 nitrogen and oxygen atoms in total. The Morgan fingerprint density at radius 2 is 1.76 bits per heavy atom. The standard InChI is InChI=1S/C22H30N4O2.HI/c1-23-22(26(4)16-18-9-11-20(28-5)12-10-18)24-14-13-17-7-6-8-19(15-17)21(27)25(2)3;/h6-12,15H,13-14,16H2,1-5H3,(H,23,24);1H. The summed E-state index contributed by atoms with van der Waals surface area (Å²) in [5.41, 5.74) is 3.01. The molecule has 29 heavy (non-hydrogen) atoms. The third kappa shape index (κ3) is 7.56. The molecule has 2 aromatic rings. The molecule has 0 saturated heterocycles. The molecule has 0 bridgehead atoms. The second kappa shape index (κ2) is 12.3. The molecule has 0 aliphatic heterocycles. The van der Waals surface area contributed by atoms with E-state index in [1.807, 2.05) is 43.4 Å². The number of halogens is 1. The summed E-state index contributed by atoms with van der Waals surface area (Å²) in [6.45, 7) is 1.48. The van der Waals surface area contributed by atoms with Crippen LogP contribution < -0.4 is 10.1 Å². The predicted molar refractivity (Wildman–Crippen MR) is 129 cm³/mol. The molecule has 2 rings (SSSR count). The van der Waals surface area contributed by atoms with Gasteiger partial charge in [-0.3, -0.25) is 9.79 Å². The van der Waals surface area contributed by atoms with Crippen LogP contribution in [0.3, 0.4) is 0 Å². The van der Waals surface area contributed by atoms with Gasteiger partial charge in [0.2, 0.25) is 0 Å². The molecule has 0 saturated carbocycles. The summed E-state index contributed by atoms with van der Waals surface area (Å²) in [6.07, 6.45) is 0.809. The first kappa shape index (κ1) is 24.7. The van der Waals surface area contributed by atoms with E-state index in [2.05, 4.69) is 27.3 Å². The first-order chi connectivity index (χ1) is 13.4. The molecular formula is C22H31IN4O2. The van der Waals surface area contributed by atoms with Crippen molar-refractivity contribution in [2.75, 3.05) is 41.8 Å². The van der Waals surface area contributed by atoms with Crippen molar-refractivity contribution in [1.82, 2.24) is 15.1 Å². The van der Waals surface area contributed by atoms with Crippen LogP contribution in [-0.4, -0.2) is 63.5 Å². The Morgan fingerprint density at radius 1 is 1.07 bits per heavy atom. The van der Waals surface area contributed by atoms with E-state index in [1.165, 1.54) is 5.56 Å². The Balaban J connectivity index is 0.00000420. The Labute approximate surface area is 191 Å². The molecule has 0 atom stereocenters. The summed E-state index contributed by atoms with van der Waals surface area (Å²) >= 11 is 0. The molecule has 0 fully saturated rings. The maximum absolute atomic E-state index is 12.1. The Hall–Kier alpha value is -2.29. The van der Waals surface area contributed by atoms with Crippen LogP contribution in [0, 0.1) is 0 Å². The molecule has 1 amide bonds. The van der Waals surface area contributed by atoms with Crippen LogP contribution in [0.4, 0.5) is 0 Å². The van der Waals surface area contributed by atoms with Crippen LogP contribution in [0.15, 0.2) is 53.5 Å². The van der Waals surface area contributed by atoms with Gasteiger partial charge in [-0.1, -0.05) is 24.3 Å². The van der Waals surface area contributed by atoms with Gasteiger partial charge in [-0.2, -0.15) is 0 Å². The highest BCUT2D eigenvalue weighted by molar-refractivity contribution is 14.0. The molecule has 1 N–H and O–H groups in total. The number of carbonyl (C=O) groups is 1. The second-order valence-electron chi connectivity index (χ2n) is 6.83. The molecule has 7 heteroatoms. The Kier molecular flexibility index (Phi) is 10.5. The van der Waals surface area contributed by atoms with Gasteiger partial charge in [-0.15, -0.1) is 24.0 Å².